The molecule has 0 radical (unpaired) electrons. The number of piperidine rings is 1. The highest BCUT2D eigenvalue weighted by molar-refractivity contribution is 9.10. The van der Waals surface area contributed by atoms with Crippen LogP contribution in [-0.4, -0.2) is 50.5 Å². The molecule has 6 nitrogen and oxygen atoms in total. The van der Waals surface area contributed by atoms with Gasteiger partial charge in [0.1, 0.15) is 0 Å². The Bertz CT molecular complexity index is 906. The van der Waals surface area contributed by atoms with Crippen molar-refractivity contribution in [2.45, 2.75) is 51.3 Å². The first kappa shape index (κ1) is 22.3. The summed E-state index contributed by atoms with van der Waals surface area (Å²) < 4.78 is 26.5. The lowest BCUT2D eigenvalue weighted by Gasteiger charge is -2.35. The van der Waals surface area contributed by atoms with Crippen molar-refractivity contribution in [3.8, 4) is 0 Å². The second-order valence-corrected chi connectivity index (χ2v) is 11.3. The molecule has 2 amide bonds. The Labute approximate surface area is 181 Å². The summed E-state index contributed by atoms with van der Waals surface area (Å²) in [6.07, 6.45) is 2.16. The average molecular weight is 485 g/mol. The summed E-state index contributed by atoms with van der Waals surface area (Å²) in [6.45, 7) is 8.00. The number of fused-ring (bicyclic) bond motifs is 1. The van der Waals surface area contributed by atoms with Gasteiger partial charge in [-0.3, -0.25) is 9.59 Å². The number of sulfone groups is 1. The van der Waals surface area contributed by atoms with Crippen molar-refractivity contribution < 1.29 is 18.0 Å². The molecule has 1 fully saturated rings. The topological polar surface area (TPSA) is 74.8 Å². The Morgan fingerprint density at radius 1 is 1.14 bits per heavy atom. The summed E-state index contributed by atoms with van der Waals surface area (Å²) in [4.78, 5) is 28.4. The number of benzene rings is 1. The van der Waals surface area contributed by atoms with Gasteiger partial charge in [0.05, 0.1) is 10.6 Å². The molecule has 2 heterocycles. The summed E-state index contributed by atoms with van der Waals surface area (Å²) in [5.74, 6) is 0.522. The molecule has 0 spiro atoms. The number of amides is 2. The van der Waals surface area contributed by atoms with Crippen LogP contribution in [-0.2, 0) is 25.8 Å². The van der Waals surface area contributed by atoms with Crippen LogP contribution in [0.3, 0.4) is 0 Å². The van der Waals surface area contributed by atoms with Gasteiger partial charge in [0.15, 0.2) is 9.84 Å². The molecule has 0 saturated carbocycles. The molecule has 0 unspecified atom stereocenters. The SMILES string of the molecule is CCC(=O)N1CCc2cc(Br)c(S(=O)(=O)CCC(=O)N3C[C@@H](C)C[C@H](C)C3)cc21. The first-order valence-electron chi connectivity index (χ1n) is 10.3. The van der Waals surface area contributed by atoms with Gasteiger partial charge in [-0.25, -0.2) is 8.42 Å². The molecule has 2 atom stereocenters. The van der Waals surface area contributed by atoms with E-state index in [-0.39, 0.29) is 28.9 Å². The molecule has 160 valence electrons. The van der Waals surface area contributed by atoms with Crippen LogP contribution in [0.25, 0.3) is 0 Å². The molecule has 0 aliphatic carbocycles. The number of carbonyl (C=O) groups excluding carboxylic acids is 2. The van der Waals surface area contributed by atoms with E-state index >= 15 is 0 Å². The van der Waals surface area contributed by atoms with Gasteiger partial charge in [-0.2, -0.15) is 0 Å². The van der Waals surface area contributed by atoms with Gasteiger partial charge in [0.25, 0.3) is 0 Å². The van der Waals surface area contributed by atoms with E-state index in [4.69, 9.17) is 0 Å². The van der Waals surface area contributed by atoms with Crippen LogP contribution in [0.2, 0.25) is 0 Å². The predicted octanol–water partition coefficient (Wildman–Crippen LogP) is 3.42. The number of likely N-dealkylation sites (tertiary alicyclic amines) is 1. The summed E-state index contributed by atoms with van der Waals surface area (Å²) in [5.41, 5.74) is 1.63. The molecule has 3 rings (SSSR count). The van der Waals surface area contributed by atoms with Crippen LogP contribution >= 0.6 is 15.9 Å². The van der Waals surface area contributed by atoms with Crippen molar-refractivity contribution in [2.75, 3.05) is 30.3 Å². The lowest BCUT2D eigenvalue weighted by Crippen LogP contribution is -2.43. The van der Waals surface area contributed by atoms with Crippen LogP contribution in [0.15, 0.2) is 21.5 Å². The molecule has 1 saturated heterocycles. The van der Waals surface area contributed by atoms with Crippen molar-refractivity contribution in [1.29, 1.82) is 0 Å². The van der Waals surface area contributed by atoms with E-state index in [1.54, 1.807) is 28.9 Å². The maximum atomic E-state index is 13.0. The van der Waals surface area contributed by atoms with E-state index in [0.29, 0.717) is 54.5 Å². The van der Waals surface area contributed by atoms with E-state index in [9.17, 15) is 18.0 Å². The van der Waals surface area contributed by atoms with Crippen LogP contribution < -0.4 is 4.90 Å². The van der Waals surface area contributed by atoms with Gasteiger partial charge in [-0.05, 0) is 58.3 Å². The van der Waals surface area contributed by atoms with E-state index in [0.717, 1.165) is 12.0 Å². The Morgan fingerprint density at radius 2 is 1.79 bits per heavy atom. The Hall–Kier alpha value is -1.41. The first-order chi connectivity index (χ1) is 13.6. The molecule has 1 aromatic carbocycles. The van der Waals surface area contributed by atoms with Crippen molar-refractivity contribution in [1.82, 2.24) is 4.90 Å². The highest BCUT2D eigenvalue weighted by Gasteiger charge is 2.30. The second-order valence-electron chi connectivity index (χ2n) is 8.37. The van der Waals surface area contributed by atoms with Crippen molar-refractivity contribution in [3.63, 3.8) is 0 Å². The van der Waals surface area contributed by atoms with Gasteiger partial charge >= 0.3 is 0 Å². The fourth-order valence-electron chi connectivity index (χ4n) is 4.43. The van der Waals surface area contributed by atoms with Gasteiger partial charge in [-0.1, -0.05) is 20.8 Å². The van der Waals surface area contributed by atoms with E-state index in [2.05, 4.69) is 29.8 Å². The third-order valence-electron chi connectivity index (χ3n) is 5.77. The summed E-state index contributed by atoms with van der Waals surface area (Å²) in [5, 5.41) is 0. The smallest absolute Gasteiger partial charge is 0.226 e. The third-order valence-corrected chi connectivity index (χ3v) is 8.44. The van der Waals surface area contributed by atoms with Crippen molar-refractivity contribution in [3.05, 3.63) is 22.2 Å². The monoisotopic (exact) mass is 484 g/mol. The maximum absolute atomic E-state index is 13.0. The van der Waals surface area contributed by atoms with Crippen LogP contribution in [0.1, 0.15) is 45.6 Å². The molecule has 2 aliphatic heterocycles. The zero-order valence-electron chi connectivity index (χ0n) is 17.3. The minimum absolute atomic E-state index is 0.0158. The van der Waals surface area contributed by atoms with Crippen LogP contribution in [0.5, 0.6) is 0 Å². The second kappa shape index (κ2) is 8.76. The summed E-state index contributed by atoms with van der Waals surface area (Å²) >= 11 is 3.38. The standard InChI is InChI=1S/C21H29BrN2O4S/c1-4-20(25)24-7-5-16-10-17(22)19(11-18(16)24)29(27,28)8-6-21(26)23-12-14(2)9-15(3)13-23/h10-11,14-15H,4-9,12-13H2,1-3H3/t14-,15-/m0/s1. The number of anilines is 1. The largest absolute Gasteiger partial charge is 0.342 e. The quantitative estimate of drug-likeness (QED) is 0.641. The molecule has 0 aromatic heterocycles. The number of rotatable bonds is 5. The fourth-order valence-corrected chi connectivity index (χ4v) is 6.87. The molecule has 1 aromatic rings. The number of nitrogens with zero attached hydrogens (tertiary/aromatic N) is 2. The van der Waals surface area contributed by atoms with Crippen LogP contribution in [0, 0.1) is 11.8 Å². The zero-order chi connectivity index (χ0) is 21.3. The van der Waals surface area contributed by atoms with Gasteiger partial charge < -0.3 is 9.80 Å². The normalized spacial score (nSPS) is 21.9. The predicted molar refractivity (Wildman–Crippen MR) is 117 cm³/mol. The van der Waals surface area contributed by atoms with Gasteiger partial charge in [-0.15, -0.1) is 0 Å². The Morgan fingerprint density at radius 3 is 2.41 bits per heavy atom. The van der Waals surface area contributed by atoms with Crippen molar-refractivity contribution in [2.24, 2.45) is 11.8 Å². The van der Waals surface area contributed by atoms with E-state index < -0.39 is 9.84 Å². The van der Waals surface area contributed by atoms with Gasteiger partial charge in [0, 0.05) is 42.6 Å². The summed E-state index contributed by atoms with van der Waals surface area (Å²) in [6, 6.07) is 3.38. The minimum Gasteiger partial charge on any atom is -0.342 e. The number of hydrogen-bond acceptors (Lipinski definition) is 4. The Balaban J connectivity index is 1.76. The highest BCUT2D eigenvalue weighted by atomic mass is 79.9. The zero-order valence-corrected chi connectivity index (χ0v) is 19.7. The van der Waals surface area contributed by atoms with E-state index in [1.807, 2.05) is 0 Å². The minimum atomic E-state index is -3.66. The fraction of sp³-hybridized carbons (Fsp3) is 0.619. The molecule has 0 N–H and O–H groups in total. The molecule has 8 heteroatoms. The van der Waals surface area contributed by atoms with Gasteiger partial charge in [0.2, 0.25) is 11.8 Å². The third kappa shape index (κ3) is 4.85. The lowest BCUT2D eigenvalue weighted by molar-refractivity contribution is -0.133. The maximum Gasteiger partial charge on any atom is 0.226 e. The first-order valence-corrected chi connectivity index (χ1v) is 12.7. The molecule has 0 bridgehead atoms. The van der Waals surface area contributed by atoms with Crippen LogP contribution in [0.4, 0.5) is 5.69 Å². The van der Waals surface area contributed by atoms with E-state index in [1.165, 1.54) is 0 Å². The highest BCUT2D eigenvalue weighted by Crippen LogP contribution is 2.36. The van der Waals surface area contributed by atoms with Crippen molar-refractivity contribution >= 4 is 43.3 Å². The lowest BCUT2D eigenvalue weighted by atomic mass is 9.92. The molecule has 29 heavy (non-hydrogen) atoms. The number of hydrogen-bond donors (Lipinski definition) is 0. The molecular weight excluding hydrogens is 456 g/mol. The molecular formula is C21H29BrN2O4S. The average Bonchev–Trinajstić information content (AvgIpc) is 3.06. The molecule has 2 aliphatic rings. The Kier molecular flexibility index (Phi) is 6.73. The summed E-state index contributed by atoms with van der Waals surface area (Å²) in [7, 11) is -3.66. The number of carbonyl (C=O) groups is 2. The number of halogens is 1.